The highest BCUT2D eigenvalue weighted by molar-refractivity contribution is 5.78. The first-order chi connectivity index (χ1) is 5.63. The Morgan fingerprint density at radius 1 is 1.58 bits per heavy atom. The largest absolute Gasteiger partial charge is 0.479 e. The van der Waals surface area contributed by atoms with E-state index in [4.69, 9.17) is 5.11 Å². The Hall–Kier alpha value is -0.640. The molecule has 0 aromatic carbocycles. The molecule has 0 aromatic rings. The first-order valence-corrected chi connectivity index (χ1v) is 4.26. The molecule has 2 aliphatic rings. The standard InChI is InChI=1S/C8H12FNO2/c9-8(7(11)12)2-5-1-6(8)4-10-3-5/h5-6,10H,1-4H2,(H,11,12)/t5-,6-,8-/m1/s1. The Bertz CT molecular complexity index is 221. The van der Waals surface area contributed by atoms with E-state index in [1.165, 1.54) is 0 Å². The third-order valence-corrected chi connectivity index (χ3v) is 3.03. The summed E-state index contributed by atoms with van der Waals surface area (Å²) in [5.41, 5.74) is -1.95. The van der Waals surface area contributed by atoms with Crippen LogP contribution in [-0.2, 0) is 4.79 Å². The highest BCUT2D eigenvalue weighted by atomic mass is 19.1. The zero-order chi connectivity index (χ0) is 8.77. The second-order valence-electron chi connectivity index (χ2n) is 3.83. The summed E-state index contributed by atoms with van der Waals surface area (Å²) in [7, 11) is 0. The van der Waals surface area contributed by atoms with Crippen molar-refractivity contribution in [2.75, 3.05) is 13.1 Å². The highest BCUT2D eigenvalue weighted by Crippen LogP contribution is 2.44. The molecular weight excluding hydrogens is 161 g/mol. The average Bonchev–Trinajstić information content (AvgIpc) is 2.25. The number of fused-ring (bicyclic) bond motifs is 2. The van der Waals surface area contributed by atoms with Crippen molar-refractivity contribution in [1.29, 1.82) is 0 Å². The van der Waals surface area contributed by atoms with E-state index in [-0.39, 0.29) is 18.3 Å². The second kappa shape index (κ2) is 2.42. The molecule has 2 fully saturated rings. The van der Waals surface area contributed by atoms with Gasteiger partial charge in [0.05, 0.1) is 0 Å². The predicted octanol–water partition coefficient (Wildman–Crippen LogP) is 0.409. The van der Waals surface area contributed by atoms with Crippen LogP contribution in [0.25, 0.3) is 0 Å². The van der Waals surface area contributed by atoms with Crippen molar-refractivity contribution >= 4 is 5.97 Å². The number of carbonyl (C=O) groups is 1. The number of alkyl halides is 1. The van der Waals surface area contributed by atoms with Crippen LogP contribution < -0.4 is 5.32 Å². The molecule has 0 radical (unpaired) electrons. The Morgan fingerprint density at radius 3 is 2.92 bits per heavy atom. The van der Waals surface area contributed by atoms with Gasteiger partial charge in [0, 0.05) is 12.5 Å². The minimum Gasteiger partial charge on any atom is -0.479 e. The summed E-state index contributed by atoms with van der Waals surface area (Å²) >= 11 is 0. The summed E-state index contributed by atoms with van der Waals surface area (Å²) in [4.78, 5) is 10.7. The van der Waals surface area contributed by atoms with Crippen molar-refractivity contribution in [2.45, 2.75) is 18.5 Å². The summed E-state index contributed by atoms with van der Waals surface area (Å²) in [5.74, 6) is -1.36. The van der Waals surface area contributed by atoms with E-state index in [0.29, 0.717) is 6.54 Å². The Labute approximate surface area is 70.0 Å². The van der Waals surface area contributed by atoms with E-state index in [0.717, 1.165) is 13.0 Å². The number of halogens is 1. The molecule has 0 aromatic heterocycles. The van der Waals surface area contributed by atoms with Crippen molar-refractivity contribution < 1.29 is 14.3 Å². The topological polar surface area (TPSA) is 49.3 Å². The molecule has 12 heavy (non-hydrogen) atoms. The lowest BCUT2D eigenvalue weighted by molar-refractivity contribution is -0.153. The molecule has 0 amide bonds. The van der Waals surface area contributed by atoms with Crippen molar-refractivity contribution in [2.24, 2.45) is 11.8 Å². The van der Waals surface area contributed by atoms with E-state index in [9.17, 15) is 9.18 Å². The zero-order valence-corrected chi connectivity index (χ0v) is 6.72. The van der Waals surface area contributed by atoms with Crippen LogP contribution in [-0.4, -0.2) is 29.8 Å². The molecule has 3 nitrogen and oxygen atoms in total. The Morgan fingerprint density at radius 2 is 2.33 bits per heavy atom. The Balaban J connectivity index is 2.23. The van der Waals surface area contributed by atoms with Crippen molar-refractivity contribution in [3.05, 3.63) is 0 Å². The highest BCUT2D eigenvalue weighted by Gasteiger charge is 2.54. The zero-order valence-electron chi connectivity index (χ0n) is 6.72. The quantitative estimate of drug-likeness (QED) is 0.603. The molecule has 0 unspecified atom stereocenters. The number of hydrogen-bond acceptors (Lipinski definition) is 2. The van der Waals surface area contributed by atoms with Gasteiger partial charge in [-0.3, -0.25) is 0 Å². The van der Waals surface area contributed by atoms with Gasteiger partial charge < -0.3 is 10.4 Å². The van der Waals surface area contributed by atoms with Crippen molar-refractivity contribution in [3.8, 4) is 0 Å². The van der Waals surface area contributed by atoms with Crippen LogP contribution >= 0.6 is 0 Å². The van der Waals surface area contributed by atoms with Gasteiger partial charge in [-0.1, -0.05) is 0 Å². The van der Waals surface area contributed by atoms with Gasteiger partial charge in [0.2, 0.25) is 5.67 Å². The maximum absolute atomic E-state index is 13.8. The van der Waals surface area contributed by atoms with Gasteiger partial charge in [-0.05, 0) is 25.3 Å². The molecule has 3 atom stereocenters. The molecule has 4 heteroatoms. The summed E-state index contributed by atoms with van der Waals surface area (Å²) in [6.07, 6.45) is 0.926. The third kappa shape index (κ3) is 0.941. The summed E-state index contributed by atoms with van der Waals surface area (Å²) in [5, 5.41) is 11.8. The SMILES string of the molecule is O=C(O)[C@@]1(F)C[C@@H]2CNC[C@H]1C2. The Kier molecular flexibility index (Phi) is 1.61. The normalized spacial score (nSPS) is 46.1. The van der Waals surface area contributed by atoms with E-state index in [1.54, 1.807) is 0 Å². The van der Waals surface area contributed by atoms with Crippen LogP contribution in [0.1, 0.15) is 12.8 Å². The molecule has 1 saturated heterocycles. The van der Waals surface area contributed by atoms with Crippen LogP contribution in [0.3, 0.4) is 0 Å². The maximum atomic E-state index is 13.8. The fraction of sp³-hybridized carbons (Fsp3) is 0.875. The molecule has 2 bridgehead atoms. The van der Waals surface area contributed by atoms with Gasteiger partial charge in [-0.2, -0.15) is 0 Å². The summed E-state index contributed by atoms with van der Waals surface area (Å²) in [6.45, 7) is 1.29. The van der Waals surface area contributed by atoms with Gasteiger partial charge >= 0.3 is 5.97 Å². The number of aliphatic carboxylic acids is 1. The van der Waals surface area contributed by atoms with Gasteiger partial charge in [0.1, 0.15) is 0 Å². The molecule has 68 valence electrons. The van der Waals surface area contributed by atoms with Gasteiger partial charge in [0.15, 0.2) is 0 Å². The van der Waals surface area contributed by atoms with Crippen LogP contribution in [0.4, 0.5) is 4.39 Å². The minimum atomic E-state index is -1.95. The lowest BCUT2D eigenvalue weighted by Crippen LogP contribution is -2.41. The number of rotatable bonds is 1. The lowest BCUT2D eigenvalue weighted by Gasteiger charge is -2.23. The third-order valence-electron chi connectivity index (χ3n) is 3.03. The molecular formula is C8H12FNO2. The fourth-order valence-electron chi connectivity index (χ4n) is 2.38. The average molecular weight is 173 g/mol. The van der Waals surface area contributed by atoms with Gasteiger partial charge in [0.25, 0.3) is 0 Å². The molecule has 2 rings (SSSR count). The number of nitrogens with one attached hydrogen (secondary N) is 1. The van der Waals surface area contributed by atoms with Gasteiger partial charge in [-0.15, -0.1) is 0 Å². The van der Waals surface area contributed by atoms with E-state index < -0.39 is 11.6 Å². The molecule has 1 saturated carbocycles. The summed E-state index contributed by atoms with van der Waals surface area (Å²) in [6, 6.07) is 0. The van der Waals surface area contributed by atoms with Crippen LogP contribution in [0, 0.1) is 11.8 Å². The van der Waals surface area contributed by atoms with E-state index >= 15 is 0 Å². The van der Waals surface area contributed by atoms with Crippen LogP contribution in [0.15, 0.2) is 0 Å². The van der Waals surface area contributed by atoms with Crippen LogP contribution in [0.5, 0.6) is 0 Å². The molecule has 0 spiro atoms. The maximum Gasteiger partial charge on any atom is 0.341 e. The molecule has 1 heterocycles. The first kappa shape index (κ1) is 7.98. The first-order valence-electron chi connectivity index (χ1n) is 4.26. The molecule has 2 N–H and O–H groups in total. The molecule has 1 aliphatic heterocycles. The van der Waals surface area contributed by atoms with Crippen molar-refractivity contribution in [3.63, 3.8) is 0 Å². The van der Waals surface area contributed by atoms with Gasteiger partial charge in [-0.25, -0.2) is 9.18 Å². The lowest BCUT2D eigenvalue weighted by atomic mass is 9.93. The predicted molar refractivity (Wildman–Crippen MR) is 40.6 cm³/mol. The van der Waals surface area contributed by atoms with Crippen LogP contribution in [0.2, 0.25) is 0 Å². The number of piperidine rings is 1. The second-order valence-corrected chi connectivity index (χ2v) is 3.83. The van der Waals surface area contributed by atoms with Crippen molar-refractivity contribution in [1.82, 2.24) is 5.32 Å². The minimum absolute atomic E-state index is 0.194. The number of carboxylic acid groups (broad SMARTS) is 1. The molecule has 1 aliphatic carbocycles. The number of carboxylic acids is 1. The summed E-state index contributed by atoms with van der Waals surface area (Å²) < 4.78 is 13.8. The van der Waals surface area contributed by atoms with E-state index in [2.05, 4.69) is 5.32 Å². The smallest absolute Gasteiger partial charge is 0.341 e. The fourth-order valence-corrected chi connectivity index (χ4v) is 2.38. The monoisotopic (exact) mass is 173 g/mol. The van der Waals surface area contributed by atoms with E-state index in [1.807, 2.05) is 0 Å². The number of hydrogen-bond donors (Lipinski definition) is 2.